The fourth-order valence-corrected chi connectivity index (χ4v) is 9.63. The lowest BCUT2D eigenvalue weighted by Crippen LogP contribution is -2.31. The van der Waals surface area contributed by atoms with Crippen LogP contribution in [0, 0.1) is 0 Å². The second-order valence-electron chi connectivity index (χ2n) is 9.51. The minimum atomic E-state index is -2.15. The Morgan fingerprint density at radius 3 is 1.81 bits per heavy atom. The minimum absolute atomic E-state index is 0.0599. The smallest absolute Gasteiger partial charge is 0.0793 e. The van der Waals surface area contributed by atoms with Crippen LogP contribution in [-0.4, -0.2) is 10.1 Å². The van der Waals surface area contributed by atoms with Crippen molar-refractivity contribution in [2.45, 2.75) is 25.9 Å². The summed E-state index contributed by atoms with van der Waals surface area (Å²) >= 11 is 6.77. The van der Waals surface area contributed by atoms with Crippen molar-refractivity contribution in [1.82, 2.24) is 4.98 Å². The van der Waals surface area contributed by atoms with E-state index >= 15 is 0 Å². The molecule has 4 aromatic carbocycles. The normalized spacial score (nSPS) is 17.5. The van der Waals surface area contributed by atoms with Gasteiger partial charge in [-0.15, -0.1) is 0 Å². The molecule has 0 amide bonds. The summed E-state index contributed by atoms with van der Waals surface area (Å²) in [6, 6.07) is 28.5. The number of hydrogen-bond donors (Lipinski definition) is 0. The second kappa shape index (κ2) is 6.85. The highest BCUT2D eigenvalue weighted by Gasteiger charge is 2.41. The largest absolute Gasteiger partial charge is 0.256 e. The van der Waals surface area contributed by atoms with Crippen molar-refractivity contribution in [1.29, 1.82) is 0 Å². The summed E-state index contributed by atoms with van der Waals surface area (Å²) in [7, 11) is 0. The van der Waals surface area contributed by atoms with Crippen LogP contribution in [-0.2, 0) is 11.8 Å². The van der Waals surface area contributed by atoms with Gasteiger partial charge in [0.2, 0.25) is 0 Å². The molecule has 1 aliphatic heterocycles. The Balaban J connectivity index is 1.98. The van der Waals surface area contributed by atoms with Crippen LogP contribution in [0.15, 0.2) is 91.1 Å². The van der Waals surface area contributed by atoms with E-state index < -0.39 is 6.04 Å². The zero-order valence-electron chi connectivity index (χ0n) is 18.5. The van der Waals surface area contributed by atoms with Gasteiger partial charge < -0.3 is 0 Å². The maximum Gasteiger partial charge on any atom is 0.0793 e. The van der Waals surface area contributed by atoms with E-state index in [0.717, 1.165) is 5.52 Å². The summed E-state index contributed by atoms with van der Waals surface area (Å²) in [5, 5.41) is 6.26. The maximum absolute atomic E-state index is 6.77. The van der Waals surface area contributed by atoms with Gasteiger partial charge in [-0.25, -0.2) is 0 Å². The van der Waals surface area contributed by atoms with Gasteiger partial charge in [-0.2, -0.15) is 0 Å². The third kappa shape index (κ3) is 2.51. The van der Waals surface area contributed by atoms with Crippen molar-refractivity contribution in [2.75, 3.05) is 0 Å². The van der Waals surface area contributed by atoms with Gasteiger partial charge in [0.1, 0.15) is 0 Å². The van der Waals surface area contributed by atoms with Crippen LogP contribution in [0.5, 0.6) is 0 Å². The second-order valence-corrected chi connectivity index (χ2v) is 14.7. The van der Waals surface area contributed by atoms with Gasteiger partial charge in [0, 0.05) is 28.7 Å². The molecule has 1 nitrogen and oxygen atoms in total. The van der Waals surface area contributed by atoms with Crippen LogP contribution in [0.1, 0.15) is 20.8 Å². The quantitative estimate of drug-likeness (QED) is 0.182. The molecule has 1 atom stereocenters. The first-order valence-corrected chi connectivity index (χ1v) is 13.8. The van der Waals surface area contributed by atoms with E-state index in [9.17, 15) is 0 Å². The lowest BCUT2D eigenvalue weighted by atomic mass is 9.87. The summed E-state index contributed by atoms with van der Waals surface area (Å²) in [4.78, 5) is 4.95. The van der Waals surface area contributed by atoms with Crippen LogP contribution >= 0.6 is 6.04 Å². The summed E-state index contributed by atoms with van der Waals surface area (Å²) in [6.45, 7) is 6.93. The van der Waals surface area contributed by atoms with E-state index in [-0.39, 0.29) is 5.16 Å². The molecule has 0 radical (unpaired) electrons. The predicted octanol–water partition coefficient (Wildman–Crippen LogP) is 7.26. The predicted molar refractivity (Wildman–Crippen MR) is 143 cm³/mol. The number of hydrogen-bond acceptors (Lipinski definition) is 2. The number of aromatic nitrogens is 1. The molecule has 6 rings (SSSR count). The van der Waals surface area contributed by atoms with Crippen molar-refractivity contribution in [3.05, 3.63) is 91.1 Å². The minimum Gasteiger partial charge on any atom is -0.256 e. The Kier molecular flexibility index (Phi) is 4.25. The molecule has 1 aromatic heterocycles. The molecule has 32 heavy (non-hydrogen) atoms. The molecule has 1 aliphatic rings. The molecule has 0 aliphatic carbocycles. The highest BCUT2D eigenvalue weighted by atomic mass is 32.4. The molecular formula is C29H24NPS. The van der Waals surface area contributed by atoms with Crippen LogP contribution < -0.4 is 10.6 Å². The first kappa shape index (κ1) is 19.9. The fourth-order valence-electron chi connectivity index (χ4n) is 5.32. The van der Waals surface area contributed by atoms with Gasteiger partial charge >= 0.3 is 0 Å². The molecule has 0 fully saturated rings. The van der Waals surface area contributed by atoms with Crippen LogP contribution in [0.2, 0.25) is 0 Å². The number of benzene rings is 4. The van der Waals surface area contributed by atoms with Crippen molar-refractivity contribution in [2.24, 2.45) is 0 Å². The summed E-state index contributed by atoms with van der Waals surface area (Å²) in [5.74, 6) is 0. The Bertz CT molecular complexity index is 1480. The molecule has 0 spiro atoms. The van der Waals surface area contributed by atoms with E-state index in [2.05, 4.69) is 99.6 Å². The van der Waals surface area contributed by atoms with Crippen molar-refractivity contribution < 1.29 is 0 Å². The van der Waals surface area contributed by atoms with Crippen molar-refractivity contribution in [3.8, 4) is 22.3 Å². The van der Waals surface area contributed by atoms with Gasteiger partial charge in [-0.1, -0.05) is 111 Å². The van der Waals surface area contributed by atoms with Crippen LogP contribution in [0.3, 0.4) is 0 Å². The summed E-state index contributed by atoms with van der Waals surface area (Å²) in [5.41, 5.74) is 6.05. The molecule has 0 bridgehead atoms. The highest BCUT2D eigenvalue weighted by molar-refractivity contribution is 8.22. The van der Waals surface area contributed by atoms with Gasteiger partial charge in [-0.05, 0) is 43.7 Å². The monoisotopic (exact) mass is 449 g/mol. The van der Waals surface area contributed by atoms with Gasteiger partial charge in [0.25, 0.3) is 0 Å². The highest BCUT2D eigenvalue weighted by Crippen LogP contribution is 2.62. The topological polar surface area (TPSA) is 12.9 Å². The van der Waals surface area contributed by atoms with Crippen LogP contribution in [0.25, 0.3) is 43.9 Å². The van der Waals surface area contributed by atoms with Gasteiger partial charge in [-0.3, -0.25) is 4.98 Å². The molecular weight excluding hydrogens is 425 g/mol. The molecule has 0 N–H and O–H groups in total. The van der Waals surface area contributed by atoms with Crippen molar-refractivity contribution in [3.63, 3.8) is 0 Å². The average Bonchev–Trinajstić information content (AvgIpc) is 2.92. The van der Waals surface area contributed by atoms with Gasteiger partial charge in [0.05, 0.1) is 5.52 Å². The fraction of sp³-hybridized carbons (Fsp3) is 0.138. The number of pyridine rings is 1. The van der Waals surface area contributed by atoms with E-state index in [1.165, 1.54) is 49.0 Å². The van der Waals surface area contributed by atoms with E-state index in [1.807, 2.05) is 12.3 Å². The maximum atomic E-state index is 6.77. The molecule has 156 valence electrons. The molecule has 5 aromatic rings. The van der Waals surface area contributed by atoms with Crippen molar-refractivity contribution >= 4 is 50.1 Å². The van der Waals surface area contributed by atoms with E-state index in [1.54, 1.807) is 0 Å². The Morgan fingerprint density at radius 1 is 0.625 bits per heavy atom. The average molecular weight is 450 g/mol. The number of nitrogens with zero attached hydrogens (tertiary/aromatic N) is 1. The summed E-state index contributed by atoms with van der Waals surface area (Å²) < 4.78 is 0. The standard InChI is InChI=1S/C29H24NPS/c1-29(2,3)31(32)24-16-8-6-13-22(24)26-20-12-5-4-11-19(20)21-15-10-18-30-28(21)27(26)23-14-7-9-17-25(23)31/h4-18H,1-3H3. The Hall–Kier alpha value is -2.80. The third-order valence-corrected chi connectivity index (χ3v) is 13.6. The molecule has 0 saturated heterocycles. The molecule has 0 saturated carbocycles. The zero-order chi connectivity index (χ0) is 22.1. The van der Waals surface area contributed by atoms with E-state index in [0.29, 0.717) is 0 Å². The molecule has 1 unspecified atom stereocenters. The van der Waals surface area contributed by atoms with Gasteiger partial charge in [0.15, 0.2) is 0 Å². The van der Waals surface area contributed by atoms with Crippen LogP contribution in [0.4, 0.5) is 0 Å². The SMILES string of the molecule is CC(C)(C)P1(=S)c2ccccc2-c2c(c3ncccc3c3ccccc23)-c2ccccc21. The lowest BCUT2D eigenvalue weighted by Gasteiger charge is -2.37. The first-order chi connectivity index (χ1) is 15.4. The molecule has 2 heterocycles. The first-order valence-electron chi connectivity index (χ1n) is 11.0. The third-order valence-electron chi connectivity index (χ3n) is 6.75. The number of rotatable bonds is 0. The Morgan fingerprint density at radius 2 is 1.16 bits per heavy atom. The summed E-state index contributed by atoms with van der Waals surface area (Å²) in [6.07, 6.45) is 1.91. The van der Waals surface area contributed by atoms with E-state index in [4.69, 9.17) is 16.8 Å². The lowest BCUT2D eigenvalue weighted by molar-refractivity contribution is 0.792. The number of fused-ring (bicyclic) bond motifs is 10. The Labute approximate surface area is 194 Å². The zero-order valence-corrected chi connectivity index (χ0v) is 20.2. The molecule has 3 heteroatoms.